The third kappa shape index (κ3) is 5.57. The molecule has 0 heterocycles. The fourth-order valence-corrected chi connectivity index (χ4v) is 2.56. The van der Waals surface area contributed by atoms with Crippen molar-refractivity contribution in [3.8, 4) is 0 Å². The summed E-state index contributed by atoms with van der Waals surface area (Å²) in [7, 11) is 0.437. The third-order valence-corrected chi connectivity index (χ3v) is 3.83. The molecule has 0 aromatic rings. The smallest absolute Gasteiger partial charge is 0.213 e. The molecule has 0 aliphatic carbocycles. The van der Waals surface area contributed by atoms with Gasteiger partial charge in [0.15, 0.2) is 0 Å². The van der Waals surface area contributed by atoms with Gasteiger partial charge in [0, 0.05) is 13.6 Å². The van der Waals surface area contributed by atoms with Crippen molar-refractivity contribution in [2.45, 2.75) is 20.3 Å². The van der Waals surface area contributed by atoms with Crippen molar-refractivity contribution in [1.29, 1.82) is 0 Å². The zero-order chi connectivity index (χ0) is 11.2. The van der Waals surface area contributed by atoms with Crippen LogP contribution >= 0.6 is 0 Å². The first-order chi connectivity index (χ1) is 6.40. The number of nitrogens with zero attached hydrogens (tertiary/aromatic N) is 1. The quantitative estimate of drug-likeness (QED) is 0.639. The van der Waals surface area contributed by atoms with Gasteiger partial charge in [-0.05, 0) is 25.9 Å². The third-order valence-electron chi connectivity index (χ3n) is 1.93. The normalized spacial score (nSPS) is 12.7. The van der Waals surface area contributed by atoms with Gasteiger partial charge < -0.3 is 5.32 Å². The van der Waals surface area contributed by atoms with Crippen LogP contribution in [0.2, 0.25) is 0 Å². The molecular formula is C9H22N2O2S. The summed E-state index contributed by atoms with van der Waals surface area (Å²) in [4.78, 5) is 0. The predicted molar refractivity (Wildman–Crippen MR) is 59.8 cm³/mol. The molecule has 5 heteroatoms. The highest BCUT2D eigenvalue weighted by Gasteiger charge is 2.17. The van der Waals surface area contributed by atoms with Crippen LogP contribution in [-0.4, -0.2) is 45.7 Å². The Balaban J connectivity index is 4.04. The Labute approximate surface area is 87.7 Å². The van der Waals surface area contributed by atoms with E-state index in [1.165, 1.54) is 4.31 Å². The average molecular weight is 222 g/mol. The summed E-state index contributed by atoms with van der Waals surface area (Å²) in [5, 5.41) is 2.94. The van der Waals surface area contributed by atoms with E-state index in [4.69, 9.17) is 0 Å². The summed E-state index contributed by atoms with van der Waals surface area (Å²) in [6.07, 6.45) is 0.668. The van der Waals surface area contributed by atoms with E-state index in [1.807, 2.05) is 20.9 Å². The van der Waals surface area contributed by atoms with Gasteiger partial charge in [-0.1, -0.05) is 13.8 Å². The van der Waals surface area contributed by atoms with Gasteiger partial charge in [-0.15, -0.1) is 0 Å². The van der Waals surface area contributed by atoms with E-state index in [2.05, 4.69) is 5.32 Å². The van der Waals surface area contributed by atoms with E-state index in [1.54, 1.807) is 7.05 Å². The van der Waals surface area contributed by atoms with Crippen LogP contribution in [0.3, 0.4) is 0 Å². The first kappa shape index (κ1) is 13.9. The van der Waals surface area contributed by atoms with E-state index in [0.717, 1.165) is 6.54 Å². The highest BCUT2D eigenvalue weighted by Crippen LogP contribution is 2.04. The highest BCUT2D eigenvalue weighted by atomic mass is 32.2. The summed E-state index contributed by atoms with van der Waals surface area (Å²) in [6, 6.07) is 0. The summed E-state index contributed by atoms with van der Waals surface area (Å²) in [6.45, 7) is 5.37. The van der Waals surface area contributed by atoms with Gasteiger partial charge in [-0.3, -0.25) is 0 Å². The van der Waals surface area contributed by atoms with E-state index < -0.39 is 10.0 Å². The maximum atomic E-state index is 11.6. The van der Waals surface area contributed by atoms with Gasteiger partial charge in [-0.25, -0.2) is 12.7 Å². The van der Waals surface area contributed by atoms with Crippen LogP contribution in [0.4, 0.5) is 0 Å². The summed E-state index contributed by atoms with van der Waals surface area (Å²) in [5.41, 5.74) is 0. The molecule has 0 aliphatic heterocycles. The molecule has 0 unspecified atom stereocenters. The minimum absolute atomic E-state index is 0.233. The molecule has 0 aliphatic rings. The molecule has 0 bridgehead atoms. The van der Waals surface area contributed by atoms with Gasteiger partial charge in [0.1, 0.15) is 0 Å². The van der Waals surface area contributed by atoms with Crippen LogP contribution < -0.4 is 5.32 Å². The molecule has 4 nitrogen and oxygen atoms in total. The lowest BCUT2D eigenvalue weighted by Crippen LogP contribution is -2.33. The van der Waals surface area contributed by atoms with Crippen LogP contribution in [0.25, 0.3) is 0 Å². The number of hydrogen-bond donors (Lipinski definition) is 1. The number of rotatable bonds is 7. The average Bonchev–Trinajstić information content (AvgIpc) is 2.03. The van der Waals surface area contributed by atoms with E-state index in [9.17, 15) is 8.42 Å². The molecule has 1 N–H and O–H groups in total. The Morgan fingerprint density at radius 3 is 2.36 bits per heavy atom. The van der Waals surface area contributed by atoms with Crippen LogP contribution in [0.1, 0.15) is 20.3 Å². The van der Waals surface area contributed by atoms with Crippen molar-refractivity contribution in [3.05, 3.63) is 0 Å². The molecule has 0 spiro atoms. The Hall–Kier alpha value is -0.130. The number of nitrogens with one attached hydrogen (secondary N) is 1. The maximum absolute atomic E-state index is 11.6. The van der Waals surface area contributed by atoms with E-state index in [-0.39, 0.29) is 5.75 Å². The van der Waals surface area contributed by atoms with Gasteiger partial charge in [-0.2, -0.15) is 0 Å². The summed E-state index contributed by atoms with van der Waals surface area (Å²) in [5.74, 6) is 0.607. The first-order valence-corrected chi connectivity index (χ1v) is 6.59. The predicted octanol–water partition coefficient (Wildman–Crippen LogP) is 0.514. The molecule has 0 saturated carbocycles. The minimum atomic E-state index is -3.03. The maximum Gasteiger partial charge on any atom is 0.213 e. The van der Waals surface area contributed by atoms with Gasteiger partial charge in [0.2, 0.25) is 10.0 Å². The lowest BCUT2D eigenvalue weighted by Gasteiger charge is -2.18. The number of sulfonamides is 1. The molecule has 0 atom stereocenters. The van der Waals surface area contributed by atoms with Crippen molar-refractivity contribution in [3.63, 3.8) is 0 Å². The standard InChI is InChI=1S/C9H22N2O2S/c1-9(2)8-11(4)14(12,13)7-5-6-10-3/h9-10H,5-8H2,1-4H3. The lowest BCUT2D eigenvalue weighted by atomic mass is 10.2. The summed E-state index contributed by atoms with van der Waals surface area (Å²) < 4.78 is 24.7. The molecule has 0 saturated heterocycles. The molecule has 0 aromatic carbocycles. The van der Waals surface area contributed by atoms with Crippen molar-refractivity contribution in [2.24, 2.45) is 5.92 Å². The molecule has 0 fully saturated rings. The van der Waals surface area contributed by atoms with E-state index >= 15 is 0 Å². The Bertz CT molecular complexity index is 237. The summed E-state index contributed by atoms with van der Waals surface area (Å²) >= 11 is 0. The number of hydrogen-bond acceptors (Lipinski definition) is 3. The fraction of sp³-hybridized carbons (Fsp3) is 1.00. The molecular weight excluding hydrogens is 200 g/mol. The van der Waals surface area contributed by atoms with Crippen molar-refractivity contribution < 1.29 is 8.42 Å². The van der Waals surface area contributed by atoms with Gasteiger partial charge in [0.25, 0.3) is 0 Å². The molecule has 14 heavy (non-hydrogen) atoms. The fourth-order valence-electron chi connectivity index (χ4n) is 1.21. The topological polar surface area (TPSA) is 49.4 Å². The van der Waals surface area contributed by atoms with Crippen LogP contribution in [0.15, 0.2) is 0 Å². The van der Waals surface area contributed by atoms with Crippen molar-refractivity contribution >= 4 is 10.0 Å². The molecule has 0 aromatic heterocycles. The second-order valence-electron chi connectivity index (χ2n) is 3.95. The minimum Gasteiger partial charge on any atom is -0.320 e. The Morgan fingerprint density at radius 2 is 1.93 bits per heavy atom. The SMILES string of the molecule is CNCCCS(=O)(=O)N(C)CC(C)C. The monoisotopic (exact) mass is 222 g/mol. The second-order valence-corrected chi connectivity index (χ2v) is 6.14. The largest absolute Gasteiger partial charge is 0.320 e. The molecule has 0 radical (unpaired) electrons. The Morgan fingerprint density at radius 1 is 1.36 bits per heavy atom. The van der Waals surface area contributed by atoms with Crippen LogP contribution in [-0.2, 0) is 10.0 Å². The van der Waals surface area contributed by atoms with Crippen LogP contribution in [0.5, 0.6) is 0 Å². The van der Waals surface area contributed by atoms with Gasteiger partial charge >= 0.3 is 0 Å². The van der Waals surface area contributed by atoms with Crippen LogP contribution in [0, 0.1) is 5.92 Å². The second kappa shape index (κ2) is 6.37. The molecule has 0 rings (SSSR count). The van der Waals surface area contributed by atoms with Crippen molar-refractivity contribution in [2.75, 3.05) is 32.9 Å². The van der Waals surface area contributed by atoms with Gasteiger partial charge in [0.05, 0.1) is 5.75 Å². The molecule has 86 valence electrons. The zero-order valence-electron chi connectivity index (χ0n) is 9.58. The zero-order valence-corrected chi connectivity index (χ0v) is 10.4. The van der Waals surface area contributed by atoms with Crippen molar-refractivity contribution in [1.82, 2.24) is 9.62 Å². The lowest BCUT2D eigenvalue weighted by molar-refractivity contribution is 0.416. The highest BCUT2D eigenvalue weighted by molar-refractivity contribution is 7.89. The molecule has 0 amide bonds. The Kier molecular flexibility index (Phi) is 6.31. The first-order valence-electron chi connectivity index (χ1n) is 4.98. The van der Waals surface area contributed by atoms with E-state index in [0.29, 0.717) is 18.9 Å².